The average Bonchev–Trinajstić information content (AvgIpc) is 2.94. The molecule has 28 heavy (non-hydrogen) atoms. The molecule has 0 fully saturated rings. The number of nitrogens with zero attached hydrogens (tertiary/aromatic N) is 2. The van der Waals surface area contributed by atoms with Crippen LogP contribution in [-0.2, 0) is 0 Å². The lowest BCUT2D eigenvalue weighted by molar-refractivity contribution is 0.0696. The van der Waals surface area contributed by atoms with Gasteiger partial charge < -0.3 is 14.8 Å². The third-order valence-electron chi connectivity index (χ3n) is 4.60. The summed E-state index contributed by atoms with van der Waals surface area (Å²) in [6.07, 6.45) is 1.76. The molecule has 1 heterocycles. The van der Waals surface area contributed by atoms with Gasteiger partial charge in [0.2, 0.25) is 0 Å². The third kappa shape index (κ3) is 3.71. The van der Waals surface area contributed by atoms with Crippen LogP contribution in [0.25, 0.3) is 5.69 Å². The predicted molar refractivity (Wildman–Crippen MR) is 108 cm³/mol. The highest BCUT2D eigenvalue weighted by molar-refractivity contribution is 5.95. The molecular weight excluding hydrogens is 356 g/mol. The van der Waals surface area contributed by atoms with Crippen LogP contribution >= 0.6 is 0 Å². The van der Waals surface area contributed by atoms with Gasteiger partial charge in [0, 0.05) is 28.9 Å². The monoisotopic (exact) mass is 376 g/mol. The van der Waals surface area contributed by atoms with Gasteiger partial charge in [0.25, 0.3) is 0 Å². The molecule has 2 aromatic carbocycles. The van der Waals surface area contributed by atoms with Crippen LogP contribution in [0, 0.1) is 20.8 Å². The van der Waals surface area contributed by atoms with Gasteiger partial charge in [-0.05, 0) is 56.7 Å². The lowest BCUT2D eigenvalue weighted by atomic mass is 10.1. The Balaban J connectivity index is 2.09. The van der Waals surface area contributed by atoms with Crippen molar-refractivity contribution in [1.82, 2.24) is 4.57 Å². The molecule has 0 bridgehead atoms. The largest absolute Gasteiger partial charge is 0.478 e. The van der Waals surface area contributed by atoms with Crippen molar-refractivity contribution in [3.63, 3.8) is 0 Å². The molecule has 0 amide bonds. The SMILES string of the molecule is Cc1ccccc1N=Cc1cc(C)n(-c2cc(C(=O)O)cc(C(=O)O)c2)c1C. The molecule has 1 aromatic heterocycles. The van der Waals surface area contributed by atoms with E-state index < -0.39 is 11.9 Å². The van der Waals surface area contributed by atoms with Gasteiger partial charge in [0.15, 0.2) is 0 Å². The fourth-order valence-corrected chi connectivity index (χ4v) is 3.15. The quantitative estimate of drug-likeness (QED) is 0.639. The maximum Gasteiger partial charge on any atom is 0.335 e. The predicted octanol–water partition coefficient (Wildman–Crippen LogP) is 4.55. The fraction of sp³-hybridized carbons (Fsp3) is 0.136. The van der Waals surface area contributed by atoms with Crippen LogP contribution < -0.4 is 0 Å². The zero-order valence-electron chi connectivity index (χ0n) is 15.8. The van der Waals surface area contributed by atoms with E-state index in [0.717, 1.165) is 34.3 Å². The maximum atomic E-state index is 11.4. The first kappa shape index (κ1) is 19.1. The first-order valence-corrected chi connectivity index (χ1v) is 8.68. The highest BCUT2D eigenvalue weighted by atomic mass is 16.4. The van der Waals surface area contributed by atoms with Gasteiger partial charge in [-0.25, -0.2) is 9.59 Å². The molecule has 0 spiro atoms. The van der Waals surface area contributed by atoms with Gasteiger partial charge in [-0.15, -0.1) is 0 Å². The number of carboxylic acids is 2. The Morgan fingerprint density at radius 2 is 1.54 bits per heavy atom. The molecular formula is C22H20N2O4. The first-order valence-electron chi connectivity index (χ1n) is 8.68. The molecule has 142 valence electrons. The van der Waals surface area contributed by atoms with Crippen LogP contribution in [0.4, 0.5) is 5.69 Å². The number of aliphatic imine (C=N–C) groups is 1. The van der Waals surface area contributed by atoms with Crippen molar-refractivity contribution in [2.45, 2.75) is 20.8 Å². The number of rotatable bonds is 5. The number of hydrogen-bond donors (Lipinski definition) is 2. The lowest BCUT2D eigenvalue weighted by Gasteiger charge is -2.12. The lowest BCUT2D eigenvalue weighted by Crippen LogP contribution is -2.07. The van der Waals surface area contributed by atoms with E-state index in [1.54, 1.807) is 6.21 Å². The molecule has 2 N–H and O–H groups in total. The second-order valence-electron chi connectivity index (χ2n) is 6.59. The van der Waals surface area contributed by atoms with Gasteiger partial charge in [-0.3, -0.25) is 4.99 Å². The summed E-state index contributed by atoms with van der Waals surface area (Å²) in [7, 11) is 0. The number of aromatic carboxylic acids is 2. The summed E-state index contributed by atoms with van der Waals surface area (Å²) < 4.78 is 1.83. The van der Waals surface area contributed by atoms with Crippen LogP contribution in [-0.4, -0.2) is 32.9 Å². The molecule has 3 rings (SSSR count). The number of carboxylic acid groups (broad SMARTS) is 2. The Bertz CT molecular complexity index is 1080. The van der Waals surface area contributed by atoms with Gasteiger partial charge >= 0.3 is 11.9 Å². The number of hydrogen-bond acceptors (Lipinski definition) is 3. The first-order chi connectivity index (χ1) is 13.3. The Morgan fingerprint density at radius 1 is 0.929 bits per heavy atom. The number of carbonyl (C=O) groups is 2. The summed E-state index contributed by atoms with van der Waals surface area (Å²) in [4.78, 5) is 27.4. The Labute approximate surface area is 162 Å². The molecule has 6 nitrogen and oxygen atoms in total. The zero-order valence-corrected chi connectivity index (χ0v) is 15.8. The summed E-state index contributed by atoms with van der Waals surface area (Å²) in [5.74, 6) is -2.35. The molecule has 0 saturated carbocycles. The van der Waals surface area contributed by atoms with Gasteiger partial charge in [-0.2, -0.15) is 0 Å². The number of para-hydroxylation sites is 1. The van der Waals surface area contributed by atoms with Crippen LogP contribution in [0.15, 0.2) is 53.5 Å². The molecule has 0 saturated heterocycles. The molecule has 0 unspecified atom stereocenters. The summed E-state index contributed by atoms with van der Waals surface area (Å²) in [6.45, 7) is 5.76. The highest BCUT2D eigenvalue weighted by Gasteiger charge is 2.15. The minimum absolute atomic E-state index is 0.0717. The van der Waals surface area contributed by atoms with E-state index in [0.29, 0.717) is 5.69 Å². The van der Waals surface area contributed by atoms with Crippen LogP contribution in [0.5, 0.6) is 0 Å². The fourth-order valence-electron chi connectivity index (χ4n) is 3.15. The molecule has 0 aliphatic carbocycles. The number of aryl methyl sites for hydroxylation is 2. The molecule has 0 aliphatic rings. The van der Waals surface area contributed by atoms with Crippen molar-refractivity contribution < 1.29 is 19.8 Å². The third-order valence-corrected chi connectivity index (χ3v) is 4.60. The van der Waals surface area contributed by atoms with Crippen LogP contribution in [0.2, 0.25) is 0 Å². The molecule has 0 aliphatic heterocycles. The van der Waals surface area contributed by atoms with E-state index in [1.807, 2.05) is 55.7 Å². The van der Waals surface area contributed by atoms with Crippen molar-refractivity contribution in [2.24, 2.45) is 4.99 Å². The summed E-state index contributed by atoms with van der Waals surface area (Å²) in [5, 5.41) is 18.6. The van der Waals surface area contributed by atoms with Crippen molar-refractivity contribution in [3.8, 4) is 5.69 Å². The van der Waals surface area contributed by atoms with E-state index in [-0.39, 0.29) is 11.1 Å². The number of benzene rings is 2. The van der Waals surface area contributed by atoms with Crippen molar-refractivity contribution in [3.05, 3.63) is 82.2 Å². The van der Waals surface area contributed by atoms with Gasteiger partial charge in [0.1, 0.15) is 0 Å². The van der Waals surface area contributed by atoms with E-state index in [9.17, 15) is 19.8 Å². The smallest absolute Gasteiger partial charge is 0.335 e. The molecule has 3 aromatic rings. The zero-order chi connectivity index (χ0) is 20.4. The Morgan fingerprint density at radius 3 is 2.11 bits per heavy atom. The van der Waals surface area contributed by atoms with E-state index in [2.05, 4.69) is 4.99 Å². The van der Waals surface area contributed by atoms with E-state index >= 15 is 0 Å². The second kappa shape index (κ2) is 7.52. The maximum absolute atomic E-state index is 11.4. The summed E-state index contributed by atoms with van der Waals surface area (Å²) >= 11 is 0. The Hall–Kier alpha value is -3.67. The van der Waals surface area contributed by atoms with Crippen LogP contribution in [0.1, 0.15) is 43.2 Å². The summed E-state index contributed by atoms with van der Waals surface area (Å²) in [6, 6.07) is 13.8. The normalized spacial score (nSPS) is 11.1. The standard InChI is InChI=1S/C22H20N2O4/c1-13-6-4-5-7-20(13)23-12-18-8-14(2)24(15(18)3)19-10-16(21(25)26)9-17(11-19)22(27)28/h4-12H,1-3H3,(H,25,26)(H,27,28). The van der Waals surface area contributed by atoms with E-state index in [1.165, 1.54) is 12.1 Å². The van der Waals surface area contributed by atoms with Crippen LogP contribution in [0.3, 0.4) is 0 Å². The van der Waals surface area contributed by atoms with E-state index in [4.69, 9.17) is 0 Å². The molecule has 6 heteroatoms. The van der Waals surface area contributed by atoms with Gasteiger partial charge in [-0.1, -0.05) is 18.2 Å². The summed E-state index contributed by atoms with van der Waals surface area (Å²) in [5.41, 5.74) is 4.84. The second-order valence-corrected chi connectivity index (χ2v) is 6.59. The molecule has 0 radical (unpaired) electrons. The topological polar surface area (TPSA) is 91.9 Å². The van der Waals surface area contributed by atoms with Gasteiger partial charge in [0.05, 0.1) is 16.8 Å². The average molecular weight is 376 g/mol. The Kier molecular flexibility index (Phi) is 5.13. The van der Waals surface area contributed by atoms with Crippen molar-refractivity contribution in [2.75, 3.05) is 0 Å². The minimum atomic E-state index is -1.17. The highest BCUT2D eigenvalue weighted by Crippen LogP contribution is 2.24. The van der Waals surface area contributed by atoms with Crippen molar-refractivity contribution >= 4 is 23.8 Å². The minimum Gasteiger partial charge on any atom is -0.478 e. The number of aromatic nitrogens is 1. The van der Waals surface area contributed by atoms with Crippen molar-refractivity contribution in [1.29, 1.82) is 0 Å². The molecule has 0 atom stereocenters.